The standard InChI is InChI=1S/C13H11ClFN3O2/c1-20-10-4-8(15)3-9(5-10)18-13-11(14)2-7(6-17-13)12(16)19/h2-6H,1H3,(H2,16,19)(H,17,18). The Kier molecular flexibility index (Phi) is 4.05. The summed E-state index contributed by atoms with van der Waals surface area (Å²) in [4.78, 5) is 15.0. The lowest BCUT2D eigenvalue weighted by Gasteiger charge is -2.09. The monoisotopic (exact) mass is 295 g/mol. The first-order valence-electron chi connectivity index (χ1n) is 5.56. The quantitative estimate of drug-likeness (QED) is 0.909. The molecule has 1 aromatic heterocycles. The van der Waals surface area contributed by atoms with Gasteiger partial charge in [0, 0.05) is 24.0 Å². The molecule has 0 aliphatic carbocycles. The first kappa shape index (κ1) is 14.1. The number of amides is 1. The third kappa shape index (κ3) is 3.16. The highest BCUT2D eigenvalue weighted by Gasteiger charge is 2.08. The summed E-state index contributed by atoms with van der Waals surface area (Å²) in [5.41, 5.74) is 5.73. The van der Waals surface area contributed by atoms with Crippen molar-refractivity contribution in [3.63, 3.8) is 0 Å². The number of ether oxygens (including phenoxy) is 1. The highest BCUT2D eigenvalue weighted by Crippen LogP contribution is 2.26. The van der Waals surface area contributed by atoms with Crippen molar-refractivity contribution in [1.29, 1.82) is 0 Å². The number of nitrogens with zero attached hydrogens (tertiary/aromatic N) is 1. The predicted molar refractivity (Wildman–Crippen MR) is 74.0 cm³/mol. The summed E-state index contributed by atoms with van der Waals surface area (Å²) in [6.07, 6.45) is 1.28. The van der Waals surface area contributed by atoms with E-state index in [1.54, 1.807) is 6.07 Å². The smallest absolute Gasteiger partial charge is 0.250 e. The third-order valence-electron chi connectivity index (χ3n) is 2.50. The fourth-order valence-electron chi connectivity index (χ4n) is 1.55. The first-order valence-corrected chi connectivity index (χ1v) is 5.94. The van der Waals surface area contributed by atoms with Crippen molar-refractivity contribution in [2.75, 3.05) is 12.4 Å². The van der Waals surface area contributed by atoms with E-state index in [4.69, 9.17) is 22.1 Å². The molecule has 0 saturated heterocycles. The summed E-state index contributed by atoms with van der Waals surface area (Å²) in [5.74, 6) is -0.447. The number of hydrogen-bond donors (Lipinski definition) is 2. The van der Waals surface area contributed by atoms with E-state index >= 15 is 0 Å². The van der Waals surface area contributed by atoms with Crippen molar-refractivity contribution >= 4 is 29.0 Å². The second kappa shape index (κ2) is 5.75. The van der Waals surface area contributed by atoms with E-state index in [2.05, 4.69) is 10.3 Å². The van der Waals surface area contributed by atoms with Crippen LogP contribution in [0, 0.1) is 5.82 Å². The molecule has 0 saturated carbocycles. The van der Waals surface area contributed by atoms with Crippen LogP contribution in [0.2, 0.25) is 5.02 Å². The summed E-state index contributed by atoms with van der Waals surface area (Å²) in [6.45, 7) is 0. The molecule has 104 valence electrons. The number of anilines is 2. The van der Waals surface area contributed by atoms with Gasteiger partial charge in [-0.3, -0.25) is 4.79 Å². The zero-order valence-corrected chi connectivity index (χ0v) is 11.2. The van der Waals surface area contributed by atoms with Gasteiger partial charge in [-0.1, -0.05) is 11.6 Å². The van der Waals surface area contributed by atoms with Crippen molar-refractivity contribution in [1.82, 2.24) is 4.98 Å². The molecule has 0 atom stereocenters. The third-order valence-corrected chi connectivity index (χ3v) is 2.78. The molecule has 0 fully saturated rings. The van der Waals surface area contributed by atoms with E-state index in [0.29, 0.717) is 11.4 Å². The van der Waals surface area contributed by atoms with Gasteiger partial charge < -0.3 is 15.8 Å². The van der Waals surface area contributed by atoms with Crippen LogP contribution in [0.5, 0.6) is 5.75 Å². The van der Waals surface area contributed by atoms with E-state index in [1.165, 1.54) is 31.5 Å². The van der Waals surface area contributed by atoms with Crippen LogP contribution in [0.1, 0.15) is 10.4 Å². The van der Waals surface area contributed by atoms with Crippen LogP contribution in [0.25, 0.3) is 0 Å². The summed E-state index contributed by atoms with van der Waals surface area (Å²) < 4.78 is 18.3. The van der Waals surface area contributed by atoms with Crippen LogP contribution in [-0.2, 0) is 0 Å². The fraction of sp³-hybridized carbons (Fsp3) is 0.0769. The number of halogens is 2. The minimum absolute atomic E-state index is 0.192. The number of nitrogens with two attached hydrogens (primary N) is 1. The SMILES string of the molecule is COc1cc(F)cc(Nc2ncc(C(N)=O)cc2Cl)c1. The number of benzene rings is 1. The zero-order chi connectivity index (χ0) is 14.7. The van der Waals surface area contributed by atoms with Crippen LogP contribution < -0.4 is 15.8 Å². The summed E-state index contributed by atoms with van der Waals surface area (Å²) in [7, 11) is 1.44. The Morgan fingerprint density at radius 3 is 2.75 bits per heavy atom. The number of aromatic nitrogens is 1. The number of hydrogen-bond acceptors (Lipinski definition) is 4. The lowest BCUT2D eigenvalue weighted by Crippen LogP contribution is -2.11. The van der Waals surface area contributed by atoms with Crippen LogP contribution in [0.3, 0.4) is 0 Å². The van der Waals surface area contributed by atoms with Gasteiger partial charge >= 0.3 is 0 Å². The van der Waals surface area contributed by atoms with Gasteiger partial charge in [-0.15, -0.1) is 0 Å². The van der Waals surface area contributed by atoms with E-state index in [0.717, 1.165) is 0 Å². The lowest BCUT2D eigenvalue weighted by atomic mass is 10.2. The minimum atomic E-state index is -0.627. The molecule has 1 aromatic carbocycles. The van der Waals surface area contributed by atoms with E-state index in [9.17, 15) is 9.18 Å². The maximum atomic E-state index is 13.4. The average Bonchev–Trinajstić information content (AvgIpc) is 2.40. The van der Waals surface area contributed by atoms with Gasteiger partial charge in [-0.05, 0) is 12.1 Å². The van der Waals surface area contributed by atoms with Gasteiger partial charge in [-0.25, -0.2) is 9.37 Å². The van der Waals surface area contributed by atoms with Gasteiger partial charge in [0.25, 0.3) is 0 Å². The molecular weight excluding hydrogens is 285 g/mol. The molecule has 0 spiro atoms. The molecule has 5 nitrogen and oxygen atoms in total. The molecule has 1 heterocycles. The number of carbonyl (C=O) groups is 1. The number of nitrogens with one attached hydrogen (secondary N) is 1. The van der Waals surface area contributed by atoms with Gasteiger partial charge in [-0.2, -0.15) is 0 Å². The summed E-state index contributed by atoms with van der Waals surface area (Å²) >= 11 is 5.98. The fourth-order valence-corrected chi connectivity index (χ4v) is 1.77. The maximum absolute atomic E-state index is 13.4. The van der Waals surface area contributed by atoms with Crippen molar-refractivity contribution in [3.8, 4) is 5.75 Å². The second-order valence-corrected chi connectivity index (χ2v) is 4.33. The summed E-state index contributed by atoms with van der Waals surface area (Å²) in [5, 5.41) is 3.04. The van der Waals surface area contributed by atoms with E-state index in [-0.39, 0.29) is 16.4 Å². The van der Waals surface area contributed by atoms with Crippen LogP contribution in [0.15, 0.2) is 30.5 Å². The Balaban J connectivity index is 2.30. The maximum Gasteiger partial charge on any atom is 0.250 e. The van der Waals surface area contributed by atoms with Gasteiger partial charge in [0.05, 0.1) is 17.7 Å². The molecule has 0 unspecified atom stereocenters. The molecule has 0 aliphatic rings. The largest absolute Gasteiger partial charge is 0.497 e. The summed E-state index contributed by atoms with van der Waals surface area (Å²) in [6, 6.07) is 5.48. The minimum Gasteiger partial charge on any atom is -0.497 e. The Morgan fingerprint density at radius 2 is 2.15 bits per heavy atom. The highest BCUT2D eigenvalue weighted by molar-refractivity contribution is 6.33. The average molecular weight is 296 g/mol. The molecule has 1 amide bonds. The molecule has 0 aliphatic heterocycles. The number of pyridine rings is 1. The zero-order valence-electron chi connectivity index (χ0n) is 10.5. The van der Waals surface area contributed by atoms with Crippen LogP contribution >= 0.6 is 11.6 Å². The normalized spacial score (nSPS) is 10.2. The van der Waals surface area contributed by atoms with E-state index < -0.39 is 11.7 Å². The van der Waals surface area contributed by atoms with Crippen LogP contribution in [0.4, 0.5) is 15.9 Å². The topological polar surface area (TPSA) is 77.2 Å². The lowest BCUT2D eigenvalue weighted by molar-refractivity contribution is 0.1000. The molecule has 20 heavy (non-hydrogen) atoms. The van der Waals surface area contributed by atoms with Crippen molar-refractivity contribution < 1.29 is 13.9 Å². The van der Waals surface area contributed by atoms with Crippen LogP contribution in [-0.4, -0.2) is 18.0 Å². The molecule has 0 bridgehead atoms. The molecule has 2 aromatic rings. The Labute approximate surface area is 119 Å². The first-order chi connectivity index (χ1) is 9.49. The molecule has 3 N–H and O–H groups in total. The molecular formula is C13H11ClFN3O2. The molecule has 7 heteroatoms. The van der Waals surface area contributed by atoms with Gasteiger partial charge in [0.2, 0.25) is 5.91 Å². The van der Waals surface area contributed by atoms with E-state index in [1.807, 2.05) is 0 Å². The van der Waals surface area contributed by atoms with Crippen molar-refractivity contribution in [2.24, 2.45) is 5.73 Å². The Morgan fingerprint density at radius 1 is 1.40 bits per heavy atom. The number of methoxy groups -OCH3 is 1. The highest BCUT2D eigenvalue weighted by atomic mass is 35.5. The van der Waals surface area contributed by atoms with Gasteiger partial charge in [0.15, 0.2) is 0 Å². The van der Waals surface area contributed by atoms with Gasteiger partial charge in [0.1, 0.15) is 17.4 Å². The Bertz CT molecular complexity index is 664. The second-order valence-electron chi connectivity index (χ2n) is 3.92. The Hall–Kier alpha value is -2.34. The molecule has 2 rings (SSSR count). The van der Waals surface area contributed by atoms with Crippen molar-refractivity contribution in [2.45, 2.75) is 0 Å². The van der Waals surface area contributed by atoms with Crippen molar-refractivity contribution in [3.05, 3.63) is 46.9 Å². The number of carbonyl (C=O) groups excluding carboxylic acids is 1. The number of rotatable bonds is 4. The number of primary amides is 1. The predicted octanol–water partition coefficient (Wildman–Crippen LogP) is 2.73. The molecule has 0 radical (unpaired) electrons.